The van der Waals surface area contributed by atoms with Crippen molar-refractivity contribution in [3.05, 3.63) is 88.4 Å². The molecule has 43 heavy (non-hydrogen) atoms. The maximum Gasteiger partial charge on any atom is 0.407 e. The van der Waals surface area contributed by atoms with E-state index in [0.717, 1.165) is 35.3 Å². The van der Waals surface area contributed by atoms with Gasteiger partial charge in [-0.1, -0.05) is 60.7 Å². The van der Waals surface area contributed by atoms with Crippen LogP contribution in [0.15, 0.2) is 72.4 Å². The maximum absolute atomic E-state index is 13.3. The Kier molecular flexibility index (Phi) is 12.8. The van der Waals surface area contributed by atoms with Crippen molar-refractivity contribution < 1.29 is 24.2 Å². The lowest BCUT2D eigenvalue weighted by Crippen LogP contribution is -2.55. The van der Waals surface area contributed by atoms with Gasteiger partial charge in [-0.25, -0.2) is 9.59 Å². The molecule has 1 aliphatic heterocycles. The van der Waals surface area contributed by atoms with Gasteiger partial charge in [0.15, 0.2) is 0 Å². The minimum absolute atomic E-state index is 0.146. The van der Waals surface area contributed by atoms with Gasteiger partial charge in [-0.15, -0.1) is 11.3 Å². The van der Waals surface area contributed by atoms with Crippen LogP contribution < -0.4 is 16.0 Å². The zero-order valence-corrected chi connectivity index (χ0v) is 25.1. The van der Waals surface area contributed by atoms with Crippen LogP contribution >= 0.6 is 11.3 Å². The molecule has 2 heterocycles. The molecule has 1 aromatic heterocycles. The Bertz CT molecular complexity index is 1260. The molecule has 0 unspecified atom stereocenters. The summed E-state index contributed by atoms with van der Waals surface area (Å²) in [6, 6.07) is 17.8. The molecule has 11 heteroatoms. The molecule has 0 aliphatic carbocycles. The van der Waals surface area contributed by atoms with E-state index in [0.29, 0.717) is 38.8 Å². The van der Waals surface area contributed by atoms with Crippen molar-refractivity contribution in [2.24, 2.45) is 0 Å². The minimum atomic E-state index is -1.06. The summed E-state index contributed by atoms with van der Waals surface area (Å²) in [5, 5.41) is 18.8. The third kappa shape index (κ3) is 11.0. The number of aliphatic hydroxyl groups is 1. The van der Waals surface area contributed by atoms with Crippen molar-refractivity contribution in [1.82, 2.24) is 25.8 Å². The van der Waals surface area contributed by atoms with Crippen molar-refractivity contribution in [3.63, 3.8) is 0 Å². The first-order chi connectivity index (χ1) is 21.0. The number of amides is 4. The normalized spacial score (nSPS) is 15.1. The highest BCUT2D eigenvalue weighted by molar-refractivity contribution is 7.09. The number of hydrogen-bond acceptors (Lipinski definition) is 7. The summed E-state index contributed by atoms with van der Waals surface area (Å²) in [5.74, 6) is -0.440. The third-order valence-corrected chi connectivity index (χ3v) is 8.20. The molecule has 0 saturated carbocycles. The Labute approximate surface area is 256 Å². The molecule has 1 saturated heterocycles. The fourth-order valence-electron chi connectivity index (χ4n) is 5.14. The zero-order valence-electron chi connectivity index (χ0n) is 24.3. The molecule has 3 atom stereocenters. The van der Waals surface area contributed by atoms with E-state index in [1.807, 2.05) is 60.7 Å². The van der Waals surface area contributed by atoms with Gasteiger partial charge in [0.1, 0.15) is 12.6 Å². The van der Waals surface area contributed by atoms with Gasteiger partial charge in [0.05, 0.1) is 17.0 Å². The SMILES string of the molecule is O=C(N[C@@H](CC[C@@H](Cc1ccccc1)NC(=O)[C@H](CO)NC(=O)N1CCCCC1)Cc1ccccc1)OCc1cncs1. The van der Waals surface area contributed by atoms with Gasteiger partial charge in [0.25, 0.3) is 0 Å². The number of rotatable bonds is 14. The van der Waals surface area contributed by atoms with Crippen molar-refractivity contribution in [3.8, 4) is 0 Å². The number of aliphatic hydroxyl groups excluding tert-OH is 1. The first-order valence-electron chi connectivity index (χ1n) is 14.9. The van der Waals surface area contributed by atoms with Crippen LogP contribution in [-0.4, -0.2) is 70.8 Å². The molecule has 1 fully saturated rings. The van der Waals surface area contributed by atoms with E-state index < -0.39 is 24.6 Å². The number of urea groups is 1. The number of aromatic nitrogens is 1. The molecule has 0 bridgehead atoms. The molecule has 4 amide bonds. The zero-order chi connectivity index (χ0) is 30.3. The molecule has 1 aliphatic rings. The summed E-state index contributed by atoms with van der Waals surface area (Å²) in [6.07, 6.45) is 6.35. The number of nitrogens with one attached hydrogen (secondary N) is 3. The highest BCUT2D eigenvalue weighted by Gasteiger charge is 2.26. The van der Waals surface area contributed by atoms with Gasteiger partial charge in [-0.3, -0.25) is 9.78 Å². The second-order valence-corrected chi connectivity index (χ2v) is 11.8. The number of carbonyl (C=O) groups is 3. The average molecular weight is 608 g/mol. The molecule has 0 spiro atoms. The largest absolute Gasteiger partial charge is 0.444 e. The van der Waals surface area contributed by atoms with Gasteiger partial charge in [0, 0.05) is 31.4 Å². The summed E-state index contributed by atoms with van der Waals surface area (Å²) in [6.45, 7) is 0.926. The Morgan fingerprint density at radius 3 is 2.02 bits per heavy atom. The lowest BCUT2D eigenvalue weighted by Gasteiger charge is -2.29. The number of thiazole rings is 1. The van der Waals surface area contributed by atoms with E-state index >= 15 is 0 Å². The summed E-state index contributed by atoms with van der Waals surface area (Å²) >= 11 is 1.42. The summed E-state index contributed by atoms with van der Waals surface area (Å²) in [5.41, 5.74) is 3.80. The molecule has 3 aromatic rings. The first kappa shape index (κ1) is 32.0. The van der Waals surface area contributed by atoms with E-state index in [9.17, 15) is 19.5 Å². The Balaban J connectivity index is 1.41. The third-order valence-electron chi connectivity index (χ3n) is 7.45. The monoisotopic (exact) mass is 607 g/mol. The van der Waals surface area contributed by atoms with Crippen molar-refractivity contribution >= 4 is 29.4 Å². The summed E-state index contributed by atoms with van der Waals surface area (Å²) < 4.78 is 5.43. The lowest BCUT2D eigenvalue weighted by atomic mass is 9.96. The van der Waals surface area contributed by atoms with Gasteiger partial charge in [-0.2, -0.15) is 0 Å². The van der Waals surface area contributed by atoms with Crippen LogP contribution in [0.2, 0.25) is 0 Å². The van der Waals surface area contributed by atoms with Crippen LogP contribution in [0.5, 0.6) is 0 Å². The van der Waals surface area contributed by atoms with Gasteiger partial charge >= 0.3 is 12.1 Å². The molecule has 10 nitrogen and oxygen atoms in total. The van der Waals surface area contributed by atoms with Gasteiger partial charge < -0.3 is 30.7 Å². The second-order valence-electron chi connectivity index (χ2n) is 10.8. The molecular weight excluding hydrogens is 566 g/mol. The molecule has 230 valence electrons. The number of benzene rings is 2. The second kappa shape index (κ2) is 17.2. The number of likely N-dealkylation sites (tertiary alicyclic amines) is 1. The Morgan fingerprint density at radius 2 is 1.47 bits per heavy atom. The van der Waals surface area contributed by atoms with Crippen LogP contribution in [0.3, 0.4) is 0 Å². The molecular formula is C32H41N5O5S. The van der Waals surface area contributed by atoms with E-state index in [2.05, 4.69) is 20.9 Å². The van der Waals surface area contributed by atoms with Gasteiger partial charge in [0.2, 0.25) is 5.91 Å². The first-order valence-corrected chi connectivity index (χ1v) is 15.7. The van der Waals surface area contributed by atoms with E-state index in [-0.39, 0.29) is 24.7 Å². The predicted octanol–water partition coefficient (Wildman–Crippen LogP) is 4.04. The van der Waals surface area contributed by atoms with Crippen LogP contribution in [-0.2, 0) is 29.0 Å². The highest BCUT2D eigenvalue weighted by Crippen LogP contribution is 2.15. The van der Waals surface area contributed by atoms with Crippen LogP contribution in [0, 0.1) is 0 Å². The molecule has 2 aromatic carbocycles. The van der Waals surface area contributed by atoms with Crippen molar-refractivity contribution in [1.29, 1.82) is 0 Å². The smallest absolute Gasteiger partial charge is 0.407 e. The number of ether oxygens (including phenoxy) is 1. The van der Waals surface area contributed by atoms with Crippen LogP contribution in [0.1, 0.15) is 48.1 Å². The quantitative estimate of drug-likeness (QED) is 0.219. The molecule has 4 N–H and O–H groups in total. The fourth-order valence-corrected chi connectivity index (χ4v) is 5.65. The maximum atomic E-state index is 13.3. The number of hydrogen-bond donors (Lipinski definition) is 4. The number of piperidine rings is 1. The predicted molar refractivity (Wildman–Crippen MR) is 166 cm³/mol. The van der Waals surface area contributed by atoms with E-state index in [1.165, 1.54) is 11.3 Å². The minimum Gasteiger partial charge on any atom is -0.444 e. The Hall–Kier alpha value is -3.96. The van der Waals surface area contributed by atoms with Crippen molar-refractivity contribution in [2.45, 2.75) is 69.7 Å². The summed E-state index contributed by atoms with van der Waals surface area (Å²) in [4.78, 5) is 45.3. The van der Waals surface area contributed by atoms with Crippen LogP contribution in [0.25, 0.3) is 0 Å². The van der Waals surface area contributed by atoms with Crippen molar-refractivity contribution in [2.75, 3.05) is 19.7 Å². The van der Waals surface area contributed by atoms with Gasteiger partial charge in [-0.05, 0) is 56.1 Å². The standard InChI is InChI=1S/C32H41N5O5S/c38-21-29(36-31(40)37-16-8-3-9-17-37)30(39)34-26(18-24-10-4-1-5-11-24)14-15-27(19-25-12-6-2-7-13-25)35-32(41)42-22-28-20-33-23-43-28/h1-2,4-7,10-13,20,23,26-27,29,38H,3,8-9,14-19,21-22H2,(H,34,39)(H,35,41)(H,36,40)/t26-,27-,29-/m0/s1. The summed E-state index contributed by atoms with van der Waals surface area (Å²) in [7, 11) is 0. The number of alkyl carbamates (subject to hydrolysis) is 1. The van der Waals surface area contributed by atoms with Crippen LogP contribution in [0.4, 0.5) is 9.59 Å². The van der Waals surface area contributed by atoms with E-state index in [4.69, 9.17) is 4.74 Å². The highest BCUT2D eigenvalue weighted by atomic mass is 32.1. The number of nitrogens with zero attached hydrogens (tertiary/aromatic N) is 2. The molecule has 4 rings (SSSR count). The number of carbonyl (C=O) groups excluding carboxylic acids is 3. The Morgan fingerprint density at radius 1 is 0.860 bits per heavy atom. The average Bonchev–Trinajstić information content (AvgIpc) is 3.56. The topological polar surface area (TPSA) is 133 Å². The van der Waals surface area contributed by atoms with E-state index in [1.54, 1.807) is 16.6 Å². The lowest BCUT2D eigenvalue weighted by molar-refractivity contribution is -0.124. The fraction of sp³-hybridized carbons (Fsp3) is 0.438. The molecule has 0 radical (unpaired) electrons.